The van der Waals surface area contributed by atoms with Gasteiger partial charge in [-0.15, -0.1) is 0 Å². The summed E-state index contributed by atoms with van der Waals surface area (Å²) in [5, 5.41) is 9.64. The van der Waals surface area contributed by atoms with Crippen LogP contribution in [0.15, 0.2) is 22.7 Å². The molecule has 0 radical (unpaired) electrons. The number of benzene rings is 1. The molecular weight excluding hydrogens is 286 g/mol. The van der Waals surface area contributed by atoms with Gasteiger partial charge in [0.2, 0.25) is 0 Å². The average Bonchev–Trinajstić information content (AvgIpc) is 2.67. The fourth-order valence-electron chi connectivity index (χ4n) is 1.78. The van der Waals surface area contributed by atoms with Crippen LogP contribution in [-0.4, -0.2) is 30.5 Å². The summed E-state index contributed by atoms with van der Waals surface area (Å²) in [4.78, 5) is 0. The Labute approximate surface area is 109 Å². The number of nitrogens with two attached hydrogens (primary N) is 1. The van der Waals surface area contributed by atoms with E-state index in [0.29, 0.717) is 19.0 Å². The molecule has 1 heterocycles. The Hall–Kier alpha value is -0.620. The molecule has 0 aliphatic carbocycles. The Bertz CT molecular complexity index is 397. The third kappa shape index (κ3) is 2.98. The summed E-state index contributed by atoms with van der Waals surface area (Å²) in [6, 6.07) is 5.56. The molecule has 3 atom stereocenters. The summed E-state index contributed by atoms with van der Waals surface area (Å²) in [7, 11) is 0. The number of hydrogen-bond acceptors (Lipinski definition) is 4. The van der Waals surface area contributed by atoms with Gasteiger partial charge in [-0.3, -0.25) is 0 Å². The van der Waals surface area contributed by atoms with Crippen molar-refractivity contribution in [2.24, 2.45) is 5.73 Å². The van der Waals surface area contributed by atoms with E-state index in [1.807, 2.05) is 25.1 Å². The van der Waals surface area contributed by atoms with Crippen LogP contribution in [0.3, 0.4) is 0 Å². The van der Waals surface area contributed by atoms with Gasteiger partial charge in [0, 0.05) is 16.1 Å². The number of rotatable bonds is 3. The Morgan fingerprint density at radius 1 is 1.53 bits per heavy atom. The second-order valence-corrected chi connectivity index (χ2v) is 5.15. The largest absolute Gasteiger partial charge is 0.485 e. The molecule has 4 nitrogen and oxygen atoms in total. The highest BCUT2D eigenvalue weighted by Crippen LogP contribution is 2.29. The van der Waals surface area contributed by atoms with Crippen molar-refractivity contribution in [1.82, 2.24) is 0 Å². The first-order chi connectivity index (χ1) is 8.08. The third-order valence-electron chi connectivity index (χ3n) is 2.74. The lowest BCUT2D eigenvalue weighted by atomic mass is 10.1. The van der Waals surface area contributed by atoms with Gasteiger partial charge < -0.3 is 20.3 Å². The van der Waals surface area contributed by atoms with Gasteiger partial charge >= 0.3 is 0 Å². The van der Waals surface area contributed by atoms with Gasteiger partial charge in [-0.25, -0.2) is 0 Å². The highest BCUT2D eigenvalue weighted by Gasteiger charge is 2.28. The van der Waals surface area contributed by atoms with E-state index >= 15 is 0 Å². The molecule has 1 saturated heterocycles. The molecule has 94 valence electrons. The molecule has 0 saturated carbocycles. The fourth-order valence-corrected chi connectivity index (χ4v) is 2.16. The molecule has 1 aromatic rings. The molecule has 1 aromatic carbocycles. The monoisotopic (exact) mass is 301 g/mol. The molecule has 1 aliphatic rings. The minimum absolute atomic E-state index is 0.123. The van der Waals surface area contributed by atoms with Crippen molar-refractivity contribution in [3.05, 3.63) is 28.2 Å². The molecule has 1 aliphatic heterocycles. The molecule has 2 unspecified atom stereocenters. The fraction of sp³-hybridized carbons (Fsp3) is 0.500. The van der Waals surface area contributed by atoms with Crippen LogP contribution in [0.2, 0.25) is 0 Å². The van der Waals surface area contributed by atoms with Crippen molar-refractivity contribution >= 4 is 15.9 Å². The third-order valence-corrected chi connectivity index (χ3v) is 3.23. The quantitative estimate of drug-likeness (QED) is 0.890. The van der Waals surface area contributed by atoms with Crippen molar-refractivity contribution in [2.75, 3.05) is 13.2 Å². The first-order valence-electron chi connectivity index (χ1n) is 5.55. The second kappa shape index (κ2) is 5.35. The summed E-state index contributed by atoms with van der Waals surface area (Å²) < 4.78 is 11.9. The molecule has 17 heavy (non-hydrogen) atoms. The molecule has 1 fully saturated rings. The SMILES string of the molecule is C[C@@H](N)c1cc(Br)ccc1OC1COCC1O. The lowest BCUT2D eigenvalue weighted by Gasteiger charge is -2.19. The smallest absolute Gasteiger partial charge is 0.150 e. The zero-order chi connectivity index (χ0) is 12.4. The molecule has 2 rings (SSSR count). The van der Waals surface area contributed by atoms with Gasteiger partial charge in [0.15, 0.2) is 0 Å². The molecular formula is C12H16BrNO3. The molecule has 0 amide bonds. The van der Waals surface area contributed by atoms with Crippen LogP contribution in [-0.2, 0) is 4.74 Å². The maximum atomic E-state index is 9.64. The summed E-state index contributed by atoms with van der Waals surface area (Å²) in [5.74, 6) is 0.706. The lowest BCUT2D eigenvalue weighted by molar-refractivity contribution is 0.0725. The van der Waals surface area contributed by atoms with E-state index in [1.54, 1.807) is 0 Å². The maximum Gasteiger partial charge on any atom is 0.150 e. The molecule has 3 N–H and O–H groups in total. The van der Waals surface area contributed by atoms with Crippen LogP contribution in [0.4, 0.5) is 0 Å². The Kier molecular flexibility index (Phi) is 4.04. The van der Waals surface area contributed by atoms with Crippen molar-refractivity contribution in [3.63, 3.8) is 0 Å². The van der Waals surface area contributed by atoms with Crippen molar-refractivity contribution in [3.8, 4) is 5.75 Å². The standard InChI is InChI=1S/C12H16BrNO3/c1-7(14)9-4-8(13)2-3-11(9)17-12-6-16-5-10(12)15/h2-4,7,10,12,15H,5-6,14H2,1H3/t7-,10?,12?/m1/s1. The number of ether oxygens (including phenoxy) is 2. The highest BCUT2D eigenvalue weighted by atomic mass is 79.9. The summed E-state index contributed by atoms with van der Waals surface area (Å²) >= 11 is 3.40. The predicted molar refractivity (Wildman–Crippen MR) is 68.0 cm³/mol. The van der Waals surface area contributed by atoms with E-state index in [9.17, 15) is 5.11 Å². The predicted octanol–water partition coefficient (Wildman–Crippen LogP) is 1.61. The Morgan fingerprint density at radius 3 is 2.88 bits per heavy atom. The van der Waals surface area contributed by atoms with Crippen LogP contribution >= 0.6 is 15.9 Å². The van der Waals surface area contributed by atoms with Crippen LogP contribution in [0.5, 0.6) is 5.75 Å². The van der Waals surface area contributed by atoms with E-state index in [1.165, 1.54) is 0 Å². The lowest BCUT2D eigenvalue weighted by Crippen LogP contribution is -2.30. The van der Waals surface area contributed by atoms with Crippen LogP contribution in [0, 0.1) is 0 Å². The zero-order valence-electron chi connectivity index (χ0n) is 9.60. The van der Waals surface area contributed by atoms with Crippen LogP contribution < -0.4 is 10.5 Å². The number of halogens is 1. The zero-order valence-corrected chi connectivity index (χ0v) is 11.2. The summed E-state index contributed by atoms with van der Waals surface area (Å²) in [6.45, 7) is 2.64. The van der Waals surface area contributed by atoms with Gasteiger partial charge in [-0.1, -0.05) is 15.9 Å². The van der Waals surface area contributed by atoms with Gasteiger partial charge in [-0.2, -0.15) is 0 Å². The number of aliphatic hydroxyl groups excluding tert-OH is 1. The highest BCUT2D eigenvalue weighted by molar-refractivity contribution is 9.10. The minimum atomic E-state index is -0.570. The first kappa shape index (κ1) is 12.8. The molecule has 0 bridgehead atoms. The van der Waals surface area contributed by atoms with Gasteiger partial charge in [0.1, 0.15) is 18.0 Å². The van der Waals surface area contributed by atoms with Crippen molar-refractivity contribution < 1.29 is 14.6 Å². The topological polar surface area (TPSA) is 64.7 Å². The van der Waals surface area contributed by atoms with Gasteiger partial charge in [0.25, 0.3) is 0 Å². The number of hydrogen-bond donors (Lipinski definition) is 2. The van der Waals surface area contributed by atoms with E-state index in [0.717, 1.165) is 10.0 Å². The van der Waals surface area contributed by atoms with E-state index < -0.39 is 6.10 Å². The van der Waals surface area contributed by atoms with Crippen molar-refractivity contribution in [1.29, 1.82) is 0 Å². The Morgan fingerprint density at radius 2 is 2.29 bits per heavy atom. The number of aliphatic hydroxyl groups is 1. The van der Waals surface area contributed by atoms with Gasteiger partial charge in [0.05, 0.1) is 13.2 Å². The van der Waals surface area contributed by atoms with E-state index in [-0.39, 0.29) is 12.1 Å². The summed E-state index contributed by atoms with van der Waals surface area (Å²) in [5.41, 5.74) is 6.81. The van der Waals surface area contributed by atoms with Crippen LogP contribution in [0.25, 0.3) is 0 Å². The summed E-state index contributed by atoms with van der Waals surface area (Å²) in [6.07, 6.45) is -0.881. The Balaban J connectivity index is 2.19. The molecule has 0 spiro atoms. The van der Waals surface area contributed by atoms with Crippen LogP contribution in [0.1, 0.15) is 18.5 Å². The molecule has 0 aromatic heterocycles. The van der Waals surface area contributed by atoms with Gasteiger partial charge in [-0.05, 0) is 25.1 Å². The molecule has 5 heteroatoms. The second-order valence-electron chi connectivity index (χ2n) is 4.23. The van der Waals surface area contributed by atoms with Crippen molar-refractivity contribution in [2.45, 2.75) is 25.2 Å². The normalized spacial score (nSPS) is 25.9. The minimum Gasteiger partial charge on any atom is -0.485 e. The maximum absolute atomic E-state index is 9.64. The first-order valence-corrected chi connectivity index (χ1v) is 6.34. The van der Waals surface area contributed by atoms with E-state index in [2.05, 4.69) is 15.9 Å². The van der Waals surface area contributed by atoms with E-state index in [4.69, 9.17) is 15.2 Å². The average molecular weight is 302 g/mol.